The van der Waals surface area contributed by atoms with Gasteiger partial charge in [0.1, 0.15) is 0 Å². The summed E-state index contributed by atoms with van der Waals surface area (Å²) in [5.41, 5.74) is 0.930. The zero-order valence-corrected chi connectivity index (χ0v) is 12.0. The maximum absolute atomic E-state index is 12.2. The van der Waals surface area contributed by atoms with Crippen molar-refractivity contribution in [2.45, 2.75) is 64.1 Å². The van der Waals surface area contributed by atoms with Gasteiger partial charge in [-0.25, -0.2) is 0 Å². The summed E-state index contributed by atoms with van der Waals surface area (Å²) in [6.45, 7) is 2.46. The topological polar surface area (TPSA) is 67.2 Å². The molecule has 2 N–H and O–H groups in total. The number of fused-ring (bicyclic) bond motifs is 1. The number of aryl methyl sites for hydroxylation is 1. The molecule has 0 bridgehead atoms. The van der Waals surface area contributed by atoms with Crippen molar-refractivity contribution in [3.8, 4) is 0 Å². The highest BCUT2D eigenvalue weighted by Crippen LogP contribution is 2.33. The molecule has 1 saturated carbocycles. The smallest absolute Gasteiger partial charge is 0.237 e. The maximum Gasteiger partial charge on any atom is 0.237 e. The van der Waals surface area contributed by atoms with Crippen LogP contribution in [-0.4, -0.2) is 23.1 Å². The standard InChI is InChI=1S/C15H23N3O2/c1-2-11-8-12(20-18-11)9-16-15(19)14-7-10-5-3-4-6-13(10)17-14/h8,10,13-14,17H,2-7,9H2,1H3,(H,16,19)/t10-,13-,14+/m1/s1. The minimum absolute atomic E-state index is 0.0309. The molecule has 0 spiro atoms. The number of nitrogens with one attached hydrogen (secondary N) is 2. The van der Waals surface area contributed by atoms with E-state index >= 15 is 0 Å². The van der Waals surface area contributed by atoms with Gasteiger partial charge in [0.25, 0.3) is 0 Å². The molecule has 2 fully saturated rings. The van der Waals surface area contributed by atoms with Crippen LogP contribution in [0, 0.1) is 5.92 Å². The first-order valence-electron chi connectivity index (χ1n) is 7.74. The summed E-state index contributed by atoms with van der Waals surface area (Å²) in [6.07, 6.45) is 6.92. The Kier molecular flexibility index (Phi) is 4.05. The van der Waals surface area contributed by atoms with Crippen molar-refractivity contribution in [1.29, 1.82) is 0 Å². The van der Waals surface area contributed by atoms with Gasteiger partial charge in [-0.15, -0.1) is 0 Å². The van der Waals surface area contributed by atoms with E-state index in [1.165, 1.54) is 25.7 Å². The van der Waals surface area contributed by atoms with Gasteiger partial charge >= 0.3 is 0 Å². The number of nitrogens with zero attached hydrogens (tertiary/aromatic N) is 1. The van der Waals surface area contributed by atoms with Crippen molar-refractivity contribution < 1.29 is 9.32 Å². The summed E-state index contributed by atoms with van der Waals surface area (Å²) in [7, 11) is 0. The molecular formula is C15H23N3O2. The number of hydrogen-bond donors (Lipinski definition) is 2. The van der Waals surface area contributed by atoms with Crippen LogP contribution in [0.2, 0.25) is 0 Å². The maximum atomic E-state index is 12.2. The Balaban J connectivity index is 1.49. The Morgan fingerprint density at radius 3 is 3.10 bits per heavy atom. The Morgan fingerprint density at radius 2 is 2.35 bits per heavy atom. The molecule has 1 aromatic rings. The zero-order valence-electron chi connectivity index (χ0n) is 12.0. The van der Waals surface area contributed by atoms with Crippen LogP contribution in [0.1, 0.15) is 50.5 Å². The van der Waals surface area contributed by atoms with Gasteiger partial charge in [-0.1, -0.05) is 24.9 Å². The van der Waals surface area contributed by atoms with E-state index in [0.29, 0.717) is 18.5 Å². The molecule has 110 valence electrons. The van der Waals surface area contributed by atoms with Gasteiger partial charge < -0.3 is 15.2 Å². The summed E-state index contributed by atoms with van der Waals surface area (Å²) < 4.78 is 5.18. The molecular weight excluding hydrogens is 254 g/mol. The lowest BCUT2D eigenvalue weighted by atomic mass is 9.85. The highest BCUT2D eigenvalue weighted by molar-refractivity contribution is 5.82. The Labute approximate surface area is 119 Å². The van der Waals surface area contributed by atoms with Crippen LogP contribution in [0.5, 0.6) is 0 Å². The number of aromatic nitrogens is 1. The van der Waals surface area contributed by atoms with Crippen LogP contribution < -0.4 is 10.6 Å². The molecule has 20 heavy (non-hydrogen) atoms. The molecule has 0 radical (unpaired) electrons. The summed E-state index contributed by atoms with van der Waals surface area (Å²) in [5.74, 6) is 1.51. The minimum Gasteiger partial charge on any atom is -0.359 e. The predicted octanol–water partition coefficient (Wildman–Crippen LogP) is 1.77. The van der Waals surface area contributed by atoms with Crippen molar-refractivity contribution in [2.75, 3.05) is 0 Å². The molecule has 0 aromatic carbocycles. The van der Waals surface area contributed by atoms with Crippen molar-refractivity contribution in [1.82, 2.24) is 15.8 Å². The van der Waals surface area contributed by atoms with Gasteiger partial charge in [-0.2, -0.15) is 0 Å². The minimum atomic E-state index is -0.0309. The first kappa shape index (κ1) is 13.6. The Hall–Kier alpha value is -1.36. The van der Waals surface area contributed by atoms with Crippen molar-refractivity contribution in [3.05, 3.63) is 17.5 Å². The molecule has 2 heterocycles. The average Bonchev–Trinajstić information content (AvgIpc) is 3.10. The van der Waals surface area contributed by atoms with E-state index in [1.54, 1.807) is 0 Å². The molecule has 1 aromatic heterocycles. The number of carbonyl (C=O) groups excluding carboxylic acids is 1. The largest absolute Gasteiger partial charge is 0.359 e. The average molecular weight is 277 g/mol. The zero-order chi connectivity index (χ0) is 13.9. The van der Waals surface area contributed by atoms with Gasteiger partial charge in [-0.3, -0.25) is 4.79 Å². The highest BCUT2D eigenvalue weighted by atomic mass is 16.5. The van der Waals surface area contributed by atoms with Gasteiger partial charge in [0.05, 0.1) is 18.3 Å². The van der Waals surface area contributed by atoms with E-state index < -0.39 is 0 Å². The molecule has 3 atom stereocenters. The fraction of sp³-hybridized carbons (Fsp3) is 0.733. The van der Waals surface area contributed by atoms with E-state index in [0.717, 1.165) is 24.3 Å². The molecule has 1 amide bonds. The van der Waals surface area contributed by atoms with Crippen LogP contribution in [-0.2, 0) is 17.8 Å². The lowest BCUT2D eigenvalue weighted by Gasteiger charge is -2.24. The summed E-state index contributed by atoms with van der Waals surface area (Å²) in [4.78, 5) is 12.2. The second kappa shape index (κ2) is 5.95. The van der Waals surface area contributed by atoms with Crippen molar-refractivity contribution >= 4 is 5.91 Å². The summed E-state index contributed by atoms with van der Waals surface area (Å²) >= 11 is 0. The quantitative estimate of drug-likeness (QED) is 0.880. The molecule has 3 rings (SSSR count). The van der Waals surface area contributed by atoms with Gasteiger partial charge in [0.15, 0.2) is 5.76 Å². The van der Waals surface area contributed by atoms with Crippen LogP contribution in [0.3, 0.4) is 0 Å². The van der Waals surface area contributed by atoms with Crippen LogP contribution in [0.25, 0.3) is 0 Å². The van der Waals surface area contributed by atoms with Gasteiger partial charge in [0.2, 0.25) is 5.91 Å². The lowest BCUT2D eigenvalue weighted by Crippen LogP contribution is -2.42. The van der Waals surface area contributed by atoms with Crippen LogP contribution in [0.4, 0.5) is 0 Å². The third kappa shape index (κ3) is 2.87. The van der Waals surface area contributed by atoms with Crippen LogP contribution in [0.15, 0.2) is 10.6 Å². The summed E-state index contributed by atoms with van der Waals surface area (Å²) in [6, 6.07) is 2.43. The number of hydrogen-bond acceptors (Lipinski definition) is 4. The first-order valence-corrected chi connectivity index (χ1v) is 7.74. The van der Waals surface area contributed by atoms with E-state index in [1.807, 2.05) is 13.0 Å². The molecule has 0 unspecified atom stereocenters. The molecule has 1 aliphatic heterocycles. The van der Waals surface area contributed by atoms with Crippen molar-refractivity contribution in [3.63, 3.8) is 0 Å². The third-order valence-corrected chi connectivity index (χ3v) is 4.59. The third-order valence-electron chi connectivity index (χ3n) is 4.59. The normalized spacial score (nSPS) is 29.1. The fourth-order valence-corrected chi connectivity index (χ4v) is 3.42. The van der Waals surface area contributed by atoms with Crippen molar-refractivity contribution in [2.24, 2.45) is 5.92 Å². The molecule has 2 aliphatic rings. The van der Waals surface area contributed by atoms with E-state index in [4.69, 9.17) is 4.52 Å². The van der Waals surface area contributed by atoms with E-state index in [2.05, 4.69) is 15.8 Å². The summed E-state index contributed by atoms with van der Waals surface area (Å²) in [5, 5.41) is 10.4. The number of carbonyl (C=O) groups is 1. The first-order chi connectivity index (χ1) is 9.76. The molecule has 1 saturated heterocycles. The number of rotatable bonds is 4. The molecule has 5 nitrogen and oxygen atoms in total. The highest BCUT2D eigenvalue weighted by Gasteiger charge is 2.38. The fourth-order valence-electron chi connectivity index (χ4n) is 3.42. The second-order valence-corrected chi connectivity index (χ2v) is 5.96. The van der Waals surface area contributed by atoms with E-state index in [9.17, 15) is 4.79 Å². The predicted molar refractivity (Wildman–Crippen MR) is 75.0 cm³/mol. The molecule has 1 aliphatic carbocycles. The monoisotopic (exact) mass is 277 g/mol. The Morgan fingerprint density at radius 1 is 1.50 bits per heavy atom. The second-order valence-electron chi connectivity index (χ2n) is 5.96. The SMILES string of the molecule is CCc1cc(CNC(=O)[C@@H]2C[C@H]3CCCC[C@H]3N2)on1. The lowest BCUT2D eigenvalue weighted by molar-refractivity contribution is -0.123. The number of amides is 1. The van der Waals surface area contributed by atoms with Gasteiger partial charge in [-0.05, 0) is 31.6 Å². The molecule has 5 heteroatoms. The van der Waals surface area contributed by atoms with E-state index in [-0.39, 0.29) is 11.9 Å². The van der Waals surface area contributed by atoms with Gasteiger partial charge in [0, 0.05) is 12.1 Å². The van der Waals surface area contributed by atoms with Crippen LogP contribution >= 0.6 is 0 Å². The Bertz CT molecular complexity index is 457.